The van der Waals surface area contributed by atoms with E-state index in [2.05, 4.69) is 49.0 Å². The van der Waals surface area contributed by atoms with E-state index in [0.29, 0.717) is 11.3 Å². The predicted octanol–water partition coefficient (Wildman–Crippen LogP) is 3.33. The third-order valence-electron chi connectivity index (χ3n) is 4.61. The third kappa shape index (κ3) is 3.59. The molecular weight excluding hydrogens is 234 g/mol. The van der Waals surface area contributed by atoms with Crippen LogP contribution in [0.25, 0.3) is 0 Å². The second-order valence-corrected chi connectivity index (χ2v) is 6.86. The predicted molar refractivity (Wildman–Crippen MR) is 80.2 cm³/mol. The van der Waals surface area contributed by atoms with Crippen LogP contribution < -0.4 is 5.32 Å². The van der Waals surface area contributed by atoms with E-state index in [1.165, 1.54) is 31.4 Å². The van der Waals surface area contributed by atoms with Crippen LogP contribution in [0.3, 0.4) is 0 Å². The molecule has 1 heterocycles. The highest BCUT2D eigenvalue weighted by atomic mass is 15.3. The molecule has 108 valence electrons. The fourth-order valence-corrected chi connectivity index (χ4v) is 3.44. The van der Waals surface area contributed by atoms with Gasteiger partial charge in [-0.25, -0.2) is 0 Å². The molecule has 0 bridgehead atoms. The van der Waals surface area contributed by atoms with Crippen molar-refractivity contribution >= 4 is 0 Å². The largest absolute Gasteiger partial charge is 0.316 e. The van der Waals surface area contributed by atoms with Gasteiger partial charge < -0.3 is 5.32 Å². The first-order valence-electron chi connectivity index (χ1n) is 7.72. The summed E-state index contributed by atoms with van der Waals surface area (Å²) in [6.07, 6.45) is 7.12. The van der Waals surface area contributed by atoms with E-state index in [1.54, 1.807) is 0 Å². The Morgan fingerprint density at radius 1 is 1.47 bits per heavy atom. The van der Waals surface area contributed by atoms with Crippen molar-refractivity contribution in [2.75, 3.05) is 13.1 Å². The van der Waals surface area contributed by atoms with Gasteiger partial charge in [0.2, 0.25) is 0 Å². The molecule has 19 heavy (non-hydrogen) atoms. The molecule has 3 heteroatoms. The van der Waals surface area contributed by atoms with Crippen LogP contribution >= 0.6 is 0 Å². The van der Waals surface area contributed by atoms with Crippen molar-refractivity contribution in [1.29, 1.82) is 0 Å². The zero-order chi connectivity index (χ0) is 13.9. The van der Waals surface area contributed by atoms with Gasteiger partial charge in [0.25, 0.3) is 0 Å². The number of nitrogens with zero attached hydrogens (tertiary/aromatic N) is 2. The summed E-state index contributed by atoms with van der Waals surface area (Å²) >= 11 is 0. The quantitative estimate of drug-likeness (QED) is 0.826. The molecule has 2 rings (SSSR count). The molecule has 2 unspecified atom stereocenters. The Morgan fingerprint density at radius 3 is 2.89 bits per heavy atom. The number of aromatic nitrogens is 2. The van der Waals surface area contributed by atoms with Gasteiger partial charge in [-0.05, 0) is 56.2 Å². The maximum absolute atomic E-state index is 4.37. The number of hydrogen-bond acceptors (Lipinski definition) is 2. The average Bonchev–Trinajstić information content (AvgIpc) is 2.77. The Labute approximate surface area is 117 Å². The van der Waals surface area contributed by atoms with Gasteiger partial charge in [0.15, 0.2) is 0 Å². The first kappa shape index (κ1) is 14.6. The summed E-state index contributed by atoms with van der Waals surface area (Å²) in [5.74, 6) is 1.41. The number of aryl methyl sites for hydroxylation is 1. The Kier molecular flexibility index (Phi) is 4.67. The van der Waals surface area contributed by atoms with Crippen LogP contribution in [0.2, 0.25) is 0 Å². The van der Waals surface area contributed by atoms with E-state index < -0.39 is 0 Å². The molecule has 1 fully saturated rings. The lowest BCUT2D eigenvalue weighted by Crippen LogP contribution is -2.35. The molecule has 3 nitrogen and oxygen atoms in total. The van der Waals surface area contributed by atoms with E-state index >= 15 is 0 Å². The minimum atomic E-state index is 0.468. The van der Waals surface area contributed by atoms with Gasteiger partial charge in [-0.3, -0.25) is 4.68 Å². The van der Waals surface area contributed by atoms with Gasteiger partial charge in [0.05, 0.1) is 0 Å². The van der Waals surface area contributed by atoms with Gasteiger partial charge >= 0.3 is 0 Å². The summed E-state index contributed by atoms with van der Waals surface area (Å²) < 4.78 is 2.07. The third-order valence-corrected chi connectivity index (χ3v) is 4.61. The standard InChI is InChI=1S/C16H29N3/c1-5-9-17-12-13-6-8-16(2,3)11-14(13)15-7-10-18-19(15)4/h7,10,13-14,17H,5-6,8-9,11-12H2,1-4H3. The molecule has 1 saturated carbocycles. The second-order valence-electron chi connectivity index (χ2n) is 6.86. The lowest BCUT2D eigenvalue weighted by Gasteiger charge is -2.41. The summed E-state index contributed by atoms with van der Waals surface area (Å²) in [5.41, 5.74) is 1.88. The summed E-state index contributed by atoms with van der Waals surface area (Å²) in [4.78, 5) is 0. The van der Waals surface area contributed by atoms with Crippen LogP contribution in [-0.2, 0) is 7.05 Å². The number of hydrogen-bond donors (Lipinski definition) is 1. The molecule has 1 aromatic rings. The van der Waals surface area contributed by atoms with Crippen LogP contribution in [0.15, 0.2) is 12.3 Å². The van der Waals surface area contributed by atoms with Crippen molar-refractivity contribution in [2.45, 2.75) is 52.4 Å². The number of nitrogens with one attached hydrogen (secondary N) is 1. The zero-order valence-electron chi connectivity index (χ0n) is 12.9. The molecule has 0 radical (unpaired) electrons. The monoisotopic (exact) mass is 263 g/mol. The molecule has 1 aliphatic carbocycles. The van der Waals surface area contributed by atoms with E-state index in [-0.39, 0.29) is 0 Å². The summed E-state index contributed by atoms with van der Waals surface area (Å²) in [7, 11) is 2.08. The molecular formula is C16H29N3. The molecule has 0 spiro atoms. The fraction of sp³-hybridized carbons (Fsp3) is 0.812. The Hall–Kier alpha value is -0.830. The Bertz CT molecular complexity index is 394. The van der Waals surface area contributed by atoms with E-state index in [1.807, 2.05) is 6.20 Å². The number of rotatable bonds is 5. The summed E-state index contributed by atoms with van der Waals surface area (Å²) in [6, 6.07) is 2.21. The minimum Gasteiger partial charge on any atom is -0.316 e. The highest BCUT2D eigenvalue weighted by molar-refractivity contribution is 5.12. The van der Waals surface area contributed by atoms with E-state index in [0.717, 1.165) is 19.0 Å². The molecule has 0 aromatic carbocycles. The van der Waals surface area contributed by atoms with E-state index in [9.17, 15) is 0 Å². The maximum Gasteiger partial charge on any atom is 0.0492 e. The molecule has 2 atom stereocenters. The van der Waals surface area contributed by atoms with Crippen molar-refractivity contribution in [3.05, 3.63) is 18.0 Å². The smallest absolute Gasteiger partial charge is 0.0492 e. The van der Waals surface area contributed by atoms with Gasteiger partial charge in [-0.2, -0.15) is 5.10 Å². The van der Waals surface area contributed by atoms with Crippen molar-refractivity contribution in [3.63, 3.8) is 0 Å². The maximum atomic E-state index is 4.37. The first-order chi connectivity index (χ1) is 9.03. The van der Waals surface area contributed by atoms with Crippen LogP contribution in [0.4, 0.5) is 0 Å². The van der Waals surface area contributed by atoms with Crippen molar-refractivity contribution < 1.29 is 0 Å². The van der Waals surface area contributed by atoms with Gasteiger partial charge in [-0.15, -0.1) is 0 Å². The van der Waals surface area contributed by atoms with Crippen LogP contribution in [-0.4, -0.2) is 22.9 Å². The Balaban J connectivity index is 2.10. The van der Waals surface area contributed by atoms with Gasteiger partial charge in [-0.1, -0.05) is 20.8 Å². The van der Waals surface area contributed by atoms with Crippen molar-refractivity contribution in [3.8, 4) is 0 Å². The molecule has 0 aliphatic heterocycles. The average molecular weight is 263 g/mol. The Morgan fingerprint density at radius 2 is 2.26 bits per heavy atom. The van der Waals surface area contributed by atoms with Crippen molar-refractivity contribution in [2.24, 2.45) is 18.4 Å². The van der Waals surface area contributed by atoms with E-state index in [4.69, 9.17) is 0 Å². The SMILES string of the molecule is CCCNCC1CCC(C)(C)CC1c1ccnn1C. The highest BCUT2D eigenvalue weighted by Crippen LogP contribution is 2.46. The van der Waals surface area contributed by atoms with Crippen LogP contribution in [0.5, 0.6) is 0 Å². The highest BCUT2D eigenvalue weighted by Gasteiger charge is 2.36. The first-order valence-corrected chi connectivity index (χ1v) is 7.72. The lowest BCUT2D eigenvalue weighted by atomic mass is 9.66. The fourth-order valence-electron chi connectivity index (χ4n) is 3.44. The van der Waals surface area contributed by atoms with Crippen LogP contribution in [0.1, 0.15) is 58.1 Å². The summed E-state index contributed by atoms with van der Waals surface area (Å²) in [5, 5.41) is 7.98. The second kappa shape index (κ2) is 6.08. The lowest BCUT2D eigenvalue weighted by molar-refractivity contribution is 0.155. The van der Waals surface area contributed by atoms with Gasteiger partial charge in [0, 0.05) is 24.9 Å². The summed E-state index contributed by atoms with van der Waals surface area (Å²) in [6.45, 7) is 9.34. The topological polar surface area (TPSA) is 29.9 Å². The van der Waals surface area contributed by atoms with Crippen molar-refractivity contribution in [1.82, 2.24) is 15.1 Å². The van der Waals surface area contributed by atoms with Gasteiger partial charge in [0.1, 0.15) is 0 Å². The molecule has 1 aliphatic rings. The zero-order valence-corrected chi connectivity index (χ0v) is 12.9. The molecule has 0 saturated heterocycles. The molecule has 1 aromatic heterocycles. The molecule has 1 N–H and O–H groups in total. The van der Waals surface area contributed by atoms with Crippen LogP contribution in [0, 0.1) is 11.3 Å². The normalized spacial score (nSPS) is 26.5. The molecule has 0 amide bonds. The minimum absolute atomic E-state index is 0.468.